The number of methoxy groups -OCH3 is 1. The van der Waals surface area contributed by atoms with E-state index in [1.807, 2.05) is 0 Å². The molecular weight excluding hydrogens is 437 g/mol. The molecule has 3 aromatic rings. The van der Waals surface area contributed by atoms with Gasteiger partial charge in [0, 0.05) is 23.7 Å². The van der Waals surface area contributed by atoms with E-state index >= 15 is 0 Å². The van der Waals surface area contributed by atoms with Crippen LogP contribution in [-0.4, -0.2) is 34.4 Å². The zero-order chi connectivity index (χ0) is 23.6. The van der Waals surface area contributed by atoms with Crippen molar-refractivity contribution in [2.75, 3.05) is 12.4 Å². The molecule has 2 aromatic heterocycles. The lowest BCUT2D eigenvalue weighted by atomic mass is 9.85. The van der Waals surface area contributed by atoms with Crippen molar-refractivity contribution >= 4 is 23.3 Å². The molecule has 0 saturated heterocycles. The molecule has 2 heterocycles. The second-order valence-corrected chi connectivity index (χ2v) is 8.00. The third-order valence-electron chi connectivity index (χ3n) is 5.82. The van der Waals surface area contributed by atoms with Crippen molar-refractivity contribution in [3.05, 3.63) is 59.9 Å². The minimum absolute atomic E-state index is 0.0462. The first-order valence-corrected chi connectivity index (χ1v) is 10.6. The minimum Gasteiger partial charge on any atom is -0.497 e. The lowest BCUT2D eigenvalue weighted by Gasteiger charge is -2.28. The van der Waals surface area contributed by atoms with Crippen LogP contribution in [0.5, 0.6) is 5.75 Å². The van der Waals surface area contributed by atoms with Crippen molar-refractivity contribution in [3.63, 3.8) is 0 Å². The van der Waals surface area contributed by atoms with E-state index in [1.165, 1.54) is 16.5 Å². The van der Waals surface area contributed by atoms with Crippen molar-refractivity contribution in [1.82, 2.24) is 14.7 Å². The van der Waals surface area contributed by atoms with Crippen molar-refractivity contribution < 1.29 is 27.5 Å². The van der Waals surface area contributed by atoms with Gasteiger partial charge in [0.15, 0.2) is 5.69 Å². The van der Waals surface area contributed by atoms with E-state index in [-0.39, 0.29) is 35.2 Å². The number of nitrogens with one attached hydrogen (secondary N) is 2. The molecule has 0 aliphatic heterocycles. The first-order chi connectivity index (χ1) is 15.7. The number of amides is 2. The minimum atomic E-state index is -4.57. The summed E-state index contributed by atoms with van der Waals surface area (Å²) in [6.45, 7) is 0. The van der Waals surface area contributed by atoms with Crippen LogP contribution in [0.15, 0.2) is 48.7 Å². The predicted molar refractivity (Wildman–Crippen MR) is 115 cm³/mol. The van der Waals surface area contributed by atoms with Gasteiger partial charge in [-0.3, -0.25) is 14.0 Å². The molecule has 1 saturated carbocycles. The highest BCUT2D eigenvalue weighted by Gasteiger charge is 2.34. The Morgan fingerprint density at radius 1 is 1.06 bits per heavy atom. The summed E-state index contributed by atoms with van der Waals surface area (Å²) < 4.78 is 45.3. The highest BCUT2D eigenvalue weighted by Crippen LogP contribution is 2.30. The van der Waals surface area contributed by atoms with Gasteiger partial charge in [-0.1, -0.05) is 6.07 Å². The molecule has 2 N–H and O–H groups in total. The maximum Gasteiger partial charge on any atom is 0.434 e. The van der Waals surface area contributed by atoms with E-state index in [4.69, 9.17) is 4.74 Å². The molecule has 0 atom stereocenters. The van der Waals surface area contributed by atoms with Crippen LogP contribution in [0, 0.1) is 5.92 Å². The monoisotopic (exact) mass is 460 g/mol. The fraction of sp³-hybridized carbons (Fsp3) is 0.348. The van der Waals surface area contributed by atoms with E-state index in [1.54, 1.807) is 37.4 Å². The molecule has 0 radical (unpaired) electrons. The van der Waals surface area contributed by atoms with Gasteiger partial charge in [-0.05, 0) is 62.1 Å². The third kappa shape index (κ3) is 5.10. The molecule has 1 aromatic carbocycles. The van der Waals surface area contributed by atoms with Gasteiger partial charge in [0.1, 0.15) is 17.2 Å². The van der Waals surface area contributed by atoms with Crippen molar-refractivity contribution in [3.8, 4) is 5.75 Å². The number of anilines is 1. The van der Waals surface area contributed by atoms with Crippen LogP contribution in [0.25, 0.3) is 5.65 Å². The predicted octanol–water partition coefficient (Wildman–Crippen LogP) is 4.29. The summed E-state index contributed by atoms with van der Waals surface area (Å²) in [5.74, 6) is 0.164. The van der Waals surface area contributed by atoms with Crippen molar-refractivity contribution in [2.45, 2.75) is 37.9 Å². The number of imidazole rings is 1. The summed E-state index contributed by atoms with van der Waals surface area (Å²) in [7, 11) is 1.55. The number of benzene rings is 1. The molecule has 33 heavy (non-hydrogen) atoms. The number of nitrogens with zero attached hydrogens (tertiary/aromatic N) is 2. The Morgan fingerprint density at radius 3 is 2.39 bits per heavy atom. The molecule has 10 heteroatoms. The van der Waals surface area contributed by atoms with E-state index in [0.717, 1.165) is 6.20 Å². The number of fused-ring (bicyclic) bond motifs is 1. The highest BCUT2D eigenvalue weighted by atomic mass is 19.4. The number of pyridine rings is 1. The molecule has 0 bridgehead atoms. The third-order valence-corrected chi connectivity index (χ3v) is 5.82. The maximum atomic E-state index is 13.0. The van der Waals surface area contributed by atoms with Gasteiger partial charge in [0.05, 0.1) is 7.11 Å². The molecular formula is C23H23F3N4O3. The quantitative estimate of drug-likeness (QED) is 0.595. The summed E-state index contributed by atoms with van der Waals surface area (Å²) in [4.78, 5) is 28.8. The lowest BCUT2D eigenvalue weighted by molar-refractivity contribution is -0.140. The standard InChI is InChI=1S/C23H23F3N4O3/c1-33-17-11-7-15(8-12-17)21(31)27-16-9-5-14(6-10-16)22(32)29-20-4-2-3-19-28-18(13-30(19)20)23(24,25)26/h2-4,7-8,11-14,16H,5-6,9-10H2,1H3,(H,27,31)(H,29,32)/t14-,16+. The molecule has 1 fully saturated rings. The first-order valence-electron chi connectivity index (χ1n) is 10.6. The van der Waals surface area contributed by atoms with Crippen LogP contribution in [0.4, 0.5) is 19.0 Å². The van der Waals surface area contributed by atoms with Gasteiger partial charge < -0.3 is 15.4 Å². The second-order valence-electron chi connectivity index (χ2n) is 8.00. The largest absolute Gasteiger partial charge is 0.497 e. The van der Waals surface area contributed by atoms with Crippen LogP contribution >= 0.6 is 0 Å². The van der Waals surface area contributed by atoms with Crippen molar-refractivity contribution in [1.29, 1.82) is 0 Å². The Balaban J connectivity index is 1.34. The van der Waals surface area contributed by atoms with Crippen LogP contribution < -0.4 is 15.4 Å². The molecule has 1 aliphatic rings. The van der Waals surface area contributed by atoms with Crippen LogP contribution in [0.3, 0.4) is 0 Å². The normalized spacial score (nSPS) is 18.7. The number of carbonyl (C=O) groups excluding carboxylic acids is 2. The van der Waals surface area contributed by atoms with E-state index in [2.05, 4.69) is 15.6 Å². The highest BCUT2D eigenvalue weighted by molar-refractivity contribution is 5.94. The molecule has 4 rings (SSSR count). The number of hydrogen-bond donors (Lipinski definition) is 2. The number of alkyl halides is 3. The van der Waals surface area contributed by atoms with Gasteiger partial charge in [-0.15, -0.1) is 0 Å². The first kappa shape index (κ1) is 22.6. The Hall–Kier alpha value is -3.56. The van der Waals surface area contributed by atoms with E-state index < -0.39 is 11.9 Å². The topological polar surface area (TPSA) is 84.7 Å². The summed E-state index contributed by atoms with van der Waals surface area (Å²) in [6, 6.07) is 11.3. The number of rotatable bonds is 5. The molecule has 174 valence electrons. The molecule has 7 nitrogen and oxygen atoms in total. The number of halogens is 3. The lowest BCUT2D eigenvalue weighted by Crippen LogP contribution is -2.39. The summed E-state index contributed by atoms with van der Waals surface area (Å²) >= 11 is 0. The summed E-state index contributed by atoms with van der Waals surface area (Å²) in [5.41, 5.74) is -0.385. The van der Waals surface area contributed by atoms with Crippen molar-refractivity contribution in [2.24, 2.45) is 5.92 Å². The number of ether oxygens (including phenoxy) is 1. The van der Waals surface area contributed by atoms with Crippen LogP contribution in [0.1, 0.15) is 41.7 Å². The number of carbonyl (C=O) groups is 2. The van der Waals surface area contributed by atoms with E-state index in [0.29, 0.717) is 37.0 Å². The summed E-state index contributed by atoms with van der Waals surface area (Å²) in [6.07, 6.45) is -1.31. The Morgan fingerprint density at radius 2 is 1.76 bits per heavy atom. The fourth-order valence-electron chi connectivity index (χ4n) is 3.99. The Kier molecular flexibility index (Phi) is 6.26. The van der Waals surface area contributed by atoms with Gasteiger partial charge in [-0.2, -0.15) is 13.2 Å². The fourth-order valence-corrected chi connectivity index (χ4v) is 3.99. The average Bonchev–Trinajstić information content (AvgIpc) is 3.26. The number of aromatic nitrogens is 2. The van der Waals surface area contributed by atoms with Gasteiger partial charge in [0.25, 0.3) is 5.91 Å². The van der Waals surface area contributed by atoms with E-state index in [9.17, 15) is 22.8 Å². The van der Waals surface area contributed by atoms with Gasteiger partial charge in [0.2, 0.25) is 5.91 Å². The smallest absolute Gasteiger partial charge is 0.434 e. The van der Waals surface area contributed by atoms with Crippen LogP contribution in [-0.2, 0) is 11.0 Å². The second kappa shape index (κ2) is 9.13. The molecule has 0 unspecified atom stereocenters. The summed E-state index contributed by atoms with van der Waals surface area (Å²) in [5, 5.41) is 5.72. The Bertz CT molecular complexity index is 1150. The molecule has 1 aliphatic carbocycles. The molecule has 2 amide bonds. The van der Waals surface area contributed by atoms with Gasteiger partial charge >= 0.3 is 6.18 Å². The SMILES string of the molecule is COc1ccc(C(=O)N[C@H]2CC[C@@H](C(=O)Nc3cccc4nc(C(F)(F)F)cn34)CC2)cc1. The zero-order valence-corrected chi connectivity index (χ0v) is 17.9. The number of hydrogen-bond acceptors (Lipinski definition) is 4. The van der Waals surface area contributed by atoms with Crippen LogP contribution in [0.2, 0.25) is 0 Å². The van der Waals surface area contributed by atoms with Gasteiger partial charge in [-0.25, -0.2) is 4.98 Å². The molecule has 0 spiro atoms. The maximum absolute atomic E-state index is 13.0. The average molecular weight is 460 g/mol. The zero-order valence-electron chi connectivity index (χ0n) is 17.9. The Labute approximate surface area is 188 Å².